The molecule has 0 bridgehead atoms. The van der Waals surface area contributed by atoms with Crippen LogP contribution >= 0.6 is 35.4 Å². The number of anilines is 1. The molecule has 0 spiro atoms. The highest BCUT2D eigenvalue weighted by molar-refractivity contribution is 7.80. The fraction of sp³-hybridized carbons (Fsp3) is 0.250. The van der Waals surface area contributed by atoms with E-state index in [9.17, 15) is 9.59 Å². The van der Waals surface area contributed by atoms with E-state index in [2.05, 4.69) is 10.6 Å². The maximum absolute atomic E-state index is 12.8. The number of hydrogen-bond donors (Lipinski definition) is 2. The maximum Gasteiger partial charge on any atom is 0.257 e. The van der Waals surface area contributed by atoms with Gasteiger partial charge in [0.1, 0.15) is 0 Å². The highest BCUT2D eigenvalue weighted by Gasteiger charge is 2.21. The molecule has 1 saturated heterocycles. The lowest BCUT2D eigenvalue weighted by Gasteiger charge is -2.27. The van der Waals surface area contributed by atoms with Crippen LogP contribution in [-0.2, 0) is 0 Å². The lowest BCUT2D eigenvalue weighted by Crippen LogP contribution is -2.37. The minimum absolute atomic E-state index is 0.0430. The molecule has 2 amide bonds. The van der Waals surface area contributed by atoms with E-state index in [4.69, 9.17) is 35.4 Å². The van der Waals surface area contributed by atoms with Gasteiger partial charge in [0, 0.05) is 28.7 Å². The second-order valence-electron chi connectivity index (χ2n) is 6.46. The summed E-state index contributed by atoms with van der Waals surface area (Å²) in [4.78, 5) is 27.1. The zero-order valence-corrected chi connectivity index (χ0v) is 17.3. The lowest BCUT2D eigenvalue weighted by atomic mass is 10.1. The van der Waals surface area contributed by atoms with Gasteiger partial charge in [0.15, 0.2) is 5.11 Å². The Morgan fingerprint density at radius 3 is 2.29 bits per heavy atom. The van der Waals surface area contributed by atoms with Crippen LogP contribution in [0.4, 0.5) is 5.69 Å². The molecule has 5 nitrogen and oxygen atoms in total. The molecule has 0 aromatic heterocycles. The van der Waals surface area contributed by atoms with E-state index in [0.717, 1.165) is 32.4 Å². The third-order valence-electron chi connectivity index (χ3n) is 4.40. The SMILES string of the molecule is O=C(NC(=S)Nc1ccccc1C(=O)N1CCCCC1)c1cc(Cl)cc(Cl)c1. The van der Waals surface area contributed by atoms with Crippen LogP contribution in [-0.4, -0.2) is 34.9 Å². The van der Waals surface area contributed by atoms with Gasteiger partial charge in [-0.1, -0.05) is 35.3 Å². The van der Waals surface area contributed by atoms with E-state index >= 15 is 0 Å². The standard InChI is InChI=1S/C20H19Cl2N3O2S/c21-14-10-13(11-15(22)12-14)18(26)24-20(28)23-17-7-3-2-6-16(17)19(27)25-8-4-1-5-9-25/h2-3,6-7,10-12H,1,4-5,8-9H2,(H2,23,24,26,28). The summed E-state index contributed by atoms with van der Waals surface area (Å²) in [6, 6.07) is 11.7. The molecule has 0 atom stereocenters. The van der Waals surface area contributed by atoms with Gasteiger partial charge in [0.2, 0.25) is 0 Å². The van der Waals surface area contributed by atoms with Crippen LogP contribution in [0, 0.1) is 0 Å². The number of thiocarbonyl (C=S) groups is 1. The topological polar surface area (TPSA) is 61.4 Å². The predicted molar refractivity (Wildman–Crippen MR) is 116 cm³/mol. The molecule has 1 aliphatic rings. The molecule has 0 unspecified atom stereocenters. The summed E-state index contributed by atoms with van der Waals surface area (Å²) >= 11 is 17.1. The number of nitrogens with one attached hydrogen (secondary N) is 2. The number of nitrogens with zero attached hydrogens (tertiary/aromatic N) is 1. The molecular formula is C20H19Cl2N3O2S. The predicted octanol–water partition coefficient (Wildman–Crippen LogP) is 4.75. The summed E-state index contributed by atoms with van der Waals surface area (Å²) in [6.07, 6.45) is 3.17. The number of piperidine rings is 1. The molecule has 0 saturated carbocycles. The van der Waals surface area contributed by atoms with Gasteiger partial charge in [0.05, 0.1) is 11.3 Å². The van der Waals surface area contributed by atoms with Crippen LogP contribution in [0.1, 0.15) is 40.0 Å². The maximum atomic E-state index is 12.8. The Labute approximate surface area is 179 Å². The quantitative estimate of drug-likeness (QED) is 0.682. The molecule has 1 heterocycles. The first-order valence-corrected chi connectivity index (χ1v) is 10.1. The lowest BCUT2D eigenvalue weighted by molar-refractivity contribution is 0.0725. The first kappa shape index (κ1) is 20.6. The normalized spacial score (nSPS) is 13.7. The van der Waals surface area contributed by atoms with E-state index in [1.165, 1.54) is 12.1 Å². The third-order valence-corrected chi connectivity index (χ3v) is 5.04. The molecule has 0 radical (unpaired) electrons. The van der Waals surface area contributed by atoms with Crippen molar-refractivity contribution in [2.75, 3.05) is 18.4 Å². The van der Waals surface area contributed by atoms with E-state index in [1.807, 2.05) is 4.90 Å². The van der Waals surface area contributed by atoms with E-state index in [-0.39, 0.29) is 11.0 Å². The molecule has 3 rings (SSSR count). The molecule has 146 valence electrons. The van der Waals surface area contributed by atoms with Crippen molar-refractivity contribution in [3.8, 4) is 0 Å². The number of carbonyl (C=O) groups excluding carboxylic acids is 2. The Morgan fingerprint density at radius 1 is 0.964 bits per heavy atom. The molecule has 0 aliphatic carbocycles. The van der Waals surface area contributed by atoms with Crippen LogP contribution in [0.2, 0.25) is 10.0 Å². The molecule has 2 aromatic rings. The monoisotopic (exact) mass is 435 g/mol. The van der Waals surface area contributed by atoms with Crippen LogP contribution in [0.15, 0.2) is 42.5 Å². The zero-order chi connectivity index (χ0) is 20.1. The number of amides is 2. The van der Waals surface area contributed by atoms with Crippen LogP contribution in [0.5, 0.6) is 0 Å². The molecule has 1 aliphatic heterocycles. The van der Waals surface area contributed by atoms with E-state index in [1.54, 1.807) is 30.3 Å². The van der Waals surface area contributed by atoms with Crippen molar-refractivity contribution < 1.29 is 9.59 Å². The molecule has 8 heteroatoms. The molecule has 28 heavy (non-hydrogen) atoms. The minimum Gasteiger partial charge on any atom is -0.339 e. The summed E-state index contributed by atoms with van der Waals surface area (Å²) in [5, 5.41) is 6.32. The van der Waals surface area contributed by atoms with Crippen molar-refractivity contribution in [3.05, 3.63) is 63.6 Å². The van der Waals surface area contributed by atoms with Gasteiger partial charge in [-0.25, -0.2) is 0 Å². The number of hydrogen-bond acceptors (Lipinski definition) is 3. The van der Waals surface area contributed by atoms with E-state index < -0.39 is 5.91 Å². The van der Waals surface area contributed by atoms with E-state index in [0.29, 0.717) is 26.9 Å². The van der Waals surface area contributed by atoms with Crippen molar-refractivity contribution >= 4 is 58.0 Å². The van der Waals surface area contributed by atoms with Gasteiger partial charge >= 0.3 is 0 Å². The van der Waals surface area contributed by atoms with Crippen molar-refractivity contribution in [3.63, 3.8) is 0 Å². The first-order chi connectivity index (χ1) is 13.4. The molecule has 2 N–H and O–H groups in total. The van der Waals surface area contributed by atoms with Gasteiger partial charge in [0.25, 0.3) is 11.8 Å². The van der Waals surface area contributed by atoms with Crippen LogP contribution in [0.25, 0.3) is 0 Å². The van der Waals surface area contributed by atoms with Crippen molar-refractivity contribution in [2.24, 2.45) is 0 Å². The minimum atomic E-state index is -0.443. The fourth-order valence-corrected chi connectivity index (χ4v) is 3.79. The van der Waals surface area contributed by atoms with Crippen LogP contribution < -0.4 is 10.6 Å². The first-order valence-electron chi connectivity index (χ1n) is 8.91. The Hall–Kier alpha value is -2.15. The Morgan fingerprint density at radius 2 is 1.61 bits per heavy atom. The molecule has 2 aromatic carbocycles. The Bertz CT molecular complexity index is 894. The third kappa shape index (κ3) is 5.22. The highest BCUT2D eigenvalue weighted by atomic mass is 35.5. The molecule has 1 fully saturated rings. The van der Waals surface area contributed by atoms with Crippen molar-refractivity contribution in [1.82, 2.24) is 10.2 Å². The van der Waals surface area contributed by atoms with Crippen molar-refractivity contribution in [1.29, 1.82) is 0 Å². The average molecular weight is 436 g/mol. The largest absolute Gasteiger partial charge is 0.339 e. The summed E-state index contributed by atoms with van der Waals surface area (Å²) in [7, 11) is 0. The van der Waals surface area contributed by atoms with Gasteiger partial charge in [-0.05, 0) is 61.8 Å². The number of benzene rings is 2. The van der Waals surface area contributed by atoms with Gasteiger partial charge in [-0.2, -0.15) is 0 Å². The van der Waals surface area contributed by atoms with Gasteiger partial charge in [-0.3, -0.25) is 14.9 Å². The van der Waals surface area contributed by atoms with Gasteiger partial charge in [-0.15, -0.1) is 0 Å². The second-order valence-corrected chi connectivity index (χ2v) is 7.75. The Balaban J connectivity index is 1.70. The number of para-hydroxylation sites is 1. The smallest absolute Gasteiger partial charge is 0.257 e. The second kappa shape index (κ2) is 9.37. The van der Waals surface area contributed by atoms with Crippen molar-refractivity contribution in [2.45, 2.75) is 19.3 Å². The summed E-state index contributed by atoms with van der Waals surface area (Å²) in [6.45, 7) is 1.51. The summed E-state index contributed by atoms with van der Waals surface area (Å²) in [5.41, 5.74) is 1.36. The number of halogens is 2. The van der Waals surface area contributed by atoms with Crippen LogP contribution in [0.3, 0.4) is 0 Å². The number of carbonyl (C=O) groups is 2. The highest BCUT2D eigenvalue weighted by Crippen LogP contribution is 2.21. The Kier molecular flexibility index (Phi) is 6.88. The fourth-order valence-electron chi connectivity index (χ4n) is 3.06. The average Bonchev–Trinajstić information content (AvgIpc) is 2.67. The summed E-state index contributed by atoms with van der Waals surface area (Å²) in [5.74, 6) is -0.486. The number of rotatable bonds is 3. The zero-order valence-electron chi connectivity index (χ0n) is 15.0. The molecular weight excluding hydrogens is 417 g/mol. The van der Waals surface area contributed by atoms with Gasteiger partial charge < -0.3 is 10.2 Å². The summed E-state index contributed by atoms with van der Waals surface area (Å²) < 4.78 is 0. The number of likely N-dealkylation sites (tertiary alicyclic amines) is 1.